The van der Waals surface area contributed by atoms with Crippen LogP contribution in [0.25, 0.3) is 0 Å². The van der Waals surface area contributed by atoms with Crippen molar-refractivity contribution in [1.29, 1.82) is 0 Å². The molecule has 88 valence electrons. The van der Waals surface area contributed by atoms with Gasteiger partial charge in [0.1, 0.15) is 0 Å². The molecule has 0 aromatic carbocycles. The molecule has 2 heterocycles. The van der Waals surface area contributed by atoms with Gasteiger partial charge in [-0.25, -0.2) is 0 Å². The first-order valence-corrected chi connectivity index (χ1v) is 6.22. The summed E-state index contributed by atoms with van der Waals surface area (Å²) in [5.74, 6) is 0. The van der Waals surface area contributed by atoms with Gasteiger partial charge in [0, 0.05) is 12.2 Å². The van der Waals surface area contributed by atoms with Crippen molar-refractivity contribution < 1.29 is 0 Å². The molecule has 4 N–H and O–H groups in total. The van der Waals surface area contributed by atoms with E-state index in [1.54, 1.807) is 0 Å². The van der Waals surface area contributed by atoms with E-state index in [1.165, 1.54) is 5.57 Å². The van der Waals surface area contributed by atoms with Crippen LogP contribution in [0, 0.1) is 0 Å². The van der Waals surface area contributed by atoms with Crippen LogP contribution in [0.2, 0.25) is 0 Å². The summed E-state index contributed by atoms with van der Waals surface area (Å²) in [4.78, 5) is 0. The van der Waals surface area contributed by atoms with Gasteiger partial charge in [-0.2, -0.15) is 0 Å². The number of nitrogens with one attached hydrogen (secondary N) is 4. The average Bonchev–Trinajstić information content (AvgIpc) is 2.15. The molecule has 0 saturated carbocycles. The van der Waals surface area contributed by atoms with Crippen LogP contribution >= 0.6 is 24.4 Å². The Morgan fingerprint density at radius 2 is 1.88 bits per heavy atom. The first-order valence-electron chi connectivity index (χ1n) is 5.40. The van der Waals surface area contributed by atoms with Crippen molar-refractivity contribution in [3.63, 3.8) is 0 Å². The molecule has 3 atom stereocenters. The number of hydrogen-bond acceptors (Lipinski definition) is 2. The van der Waals surface area contributed by atoms with E-state index in [2.05, 4.69) is 35.1 Å². The Balaban J connectivity index is 2.12. The summed E-state index contributed by atoms with van der Waals surface area (Å²) < 4.78 is 0. The molecule has 1 saturated heterocycles. The lowest BCUT2D eigenvalue weighted by Gasteiger charge is -2.36. The third-order valence-corrected chi connectivity index (χ3v) is 3.36. The molecule has 4 nitrogen and oxygen atoms in total. The molecule has 0 radical (unpaired) electrons. The molecule has 2 rings (SSSR count). The van der Waals surface area contributed by atoms with Gasteiger partial charge in [0.05, 0.1) is 12.1 Å². The van der Waals surface area contributed by atoms with E-state index in [1.807, 2.05) is 6.20 Å². The summed E-state index contributed by atoms with van der Waals surface area (Å²) in [5, 5.41) is 14.1. The van der Waals surface area contributed by atoms with Crippen LogP contribution < -0.4 is 21.3 Å². The molecule has 0 amide bonds. The monoisotopic (exact) mass is 256 g/mol. The molecule has 0 aromatic rings. The maximum atomic E-state index is 5.17. The smallest absolute Gasteiger partial charge is 0.170 e. The van der Waals surface area contributed by atoms with Gasteiger partial charge >= 0.3 is 0 Å². The zero-order valence-corrected chi connectivity index (χ0v) is 11.0. The van der Waals surface area contributed by atoms with Crippen LogP contribution in [0.15, 0.2) is 11.8 Å². The predicted octanol–water partition coefficient (Wildman–Crippen LogP) is 0.361. The van der Waals surface area contributed by atoms with Crippen LogP contribution in [0.3, 0.4) is 0 Å². The van der Waals surface area contributed by atoms with Gasteiger partial charge in [0.2, 0.25) is 0 Å². The van der Waals surface area contributed by atoms with E-state index in [4.69, 9.17) is 24.4 Å². The Bertz CT molecular complexity index is 353. The molecule has 0 aromatic heterocycles. The zero-order valence-electron chi connectivity index (χ0n) is 9.33. The maximum Gasteiger partial charge on any atom is 0.170 e. The van der Waals surface area contributed by atoms with Gasteiger partial charge in [-0.15, -0.1) is 0 Å². The maximum absolute atomic E-state index is 5.17. The zero-order chi connectivity index (χ0) is 11.7. The average molecular weight is 256 g/mol. The number of hydrogen-bond donors (Lipinski definition) is 4. The second kappa shape index (κ2) is 4.55. The fourth-order valence-corrected chi connectivity index (χ4v) is 2.69. The van der Waals surface area contributed by atoms with E-state index < -0.39 is 0 Å². The molecule has 16 heavy (non-hydrogen) atoms. The summed E-state index contributed by atoms with van der Waals surface area (Å²) in [6.07, 6.45) is 3.01. The third-order valence-electron chi connectivity index (χ3n) is 2.89. The van der Waals surface area contributed by atoms with Gasteiger partial charge < -0.3 is 21.3 Å². The Labute approximate surface area is 106 Å². The molecular formula is C10H16N4S2. The van der Waals surface area contributed by atoms with Crippen molar-refractivity contribution in [1.82, 2.24) is 21.3 Å². The first kappa shape index (κ1) is 11.6. The Morgan fingerprint density at radius 1 is 1.12 bits per heavy atom. The summed E-state index contributed by atoms with van der Waals surface area (Å²) in [5.41, 5.74) is 1.27. The predicted molar refractivity (Wildman–Crippen MR) is 73.2 cm³/mol. The van der Waals surface area contributed by atoms with E-state index in [9.17, 15) is 0 Å². The first-order chi connectivity index (χ1) is 7.56. The Hall–Kier alpha value is -0.880. The summed E-state index contributed by atoms with van der Waals surface area (Å²) in [7, 11) is 0. The minimum absolute atomic E-state index is 0.249. The van der Waals surface area contributed by atoms with Crippen molar-refractivity contribution in [3.05, 3.63) is 11.8 Å². The molecule has 1 fully saturated rings. The lowest BCUT2D eigenvalue weighted by atomic mass is 9.93. The highest BCUT2D eigenvalue weighted by Crippen LogP contribution is 2.17. The van der Waals surface area contributed by atoms with Gasteiger partial charge in [-0.1, -0.05) is 0 Å². The van der Waals surface area contributed by atoms with Crippen molar-refractivity contribution in [3.8, 4) is 0 Å². The van der Waals surface area contributed by atoms with E-state index in [0.29, 0.717) is 11.2 Å². The van der Waals surface area contributed by atoms with Gasteiger partial charge in [-0.05, 0) is 50.3 Å². The number of rotatable bonds is 1. The van der Waals surface area contributed by atoms with E-state index in [0.717, 1.165) is 11.5 Å². The number of thiocarbonyl (C=S) groups is 2. The SMILES string of the molecule is C[C@@H]1C[C@H](C2=CNC(=S)N[C@@H]2C)NC(=S)N1. The normalized spacial score (nSPS) is 34.1. The minimum Gasteiger partial charge on any atom is -0.360 e. The van der Waals surface area contributed by atoms with Crippen LogP contribution in [0.5, 0.6) is 0 Å². The Kier molecular flexibility index (Phi) is 3.30. The Morgan fingerprint density at radius 3 is 2.50 bits per heavy atom. The second-order valence-electron chi connectivity index (χ2n) is 4.29. The fraction of sp³-hybridized carbons (Fsp3) is 0.600. The summed E-state index contributed by atoms with van der Waals surface area (Å²) >= 11 is 10.2. The van der Waals surface area contributed by atoms with Crippen LogP contribution in [0.4, 0.5) is 0 Å². The van der Waals surface area contributed by atoms with Crippen molar-refractivity contribution in [2.75, 3.05) is 0 Å². The molecular weight excluding hydrogens is 240 g/mol. The topological polar surface area (TPSA) is 48.1 Å². The van der Waals surface area contributed by atoms with Crippen LogP contribution in [-0.4, -0.2) is 28.4 Å². The lowest BCUT2D eigenvalue weighted by Crippen LogP contribution is -2.57. The van der Waals surface area contributed by atoms with Crippen LogP contribution in [-0.2, 0) is 0 Å². The molecule has 2 aliphatic heterocycles. The van der Waals surface area contributed by atoms with Crippen LogP contribution in [0.1, 0.15) is 20.3 Å². The van der Waals surface area contributed by atoms with Gasteiger partial charge in [-0.3, -0.25) is 0 Å². The molecule has 0 bridgehead atoms. The standard InChI is InChI=1S/C10H16N4S2/c1-5-3-8(14-10(16)12-5)7-4-11-9(15)13-6(7)2/h4-6,8H,3H2,1-2H3,(H2,11,13,15)(H2,12,14,16)/t5-,6-,8-/m1/s1. The van der Waals surface area contributed by atoms with Crippen molar-refractivity contribution in [2.45, 2.75) is 38.4 Å². The molecule has 0 unspecified atom stereocenters. The van der Waals surface area contributed by atoms with Gasteiger partial charge in [0.25, 0.3) is 0 Å². The summed E-state index contributed by atoms with van der Waals surface area (Å²) in [6, 6.07) is 0.932. The highest BCUT2D eigenvalue weighted by Gasteiger charge is 2.28. The molecule has 0 aliphatic carbocycles. The van der Waals surface area contributed by atoms with Crippen molar-refractivity contribution >= 4 is 34.7 Å². The van der Waals surface area contributed by atoms with Crippen molar-refractivity contribution in [2.24, 2.45) is 0 Å². The molecule has 2 aliphatic rings. The van der Waals surface area contributed by atoms with E-state index >= 15 is 0 Å². The lowest BCUT2D eigenvalue weighted by molar-refractivity contribution is 0.458. The third kappa shape index (κ3) is 2.44. The fourth-order valence-electron chi connectivity index (χ4n) is 2.11. The largest absolute Gasteiger partial charge is 0.360 e. The second-order valence-corrected chi connectivity index (χ2v) is 5.11. The quantitative estimate of drug-likeness (QED) is 0.508. The molecule has 6 heteroatoms. The minimum atomic E-state index is 0.249. The molecule has 0 spiro atoms. The highest BCUT2D eigenvalue weighted by molar-refractivity contribution is 7.80. The summed E-state index contributed by atoms with van der Waals surface area (Å²) in [6.45, 7) is 4.25. The van der Waals surface area contributed by atoms with E-state index in [-0.39, 0.29) is 12.1 Å². The highest BCUT2D eigenvalue weighted by atomic mass is 32.1. The van der Waals surface area contributed by atoms with Gasteiger partial charge in [0.15, 0.2) is 10.2 Å².